The van der Waals surface area contributed by atoms with Gasteiger partial charge in [-0.05, 0) is 45.8 Å². The third kappa shape index (κ3) is 3.28. The third-order valence-corrected chi connectivity index (χ3v) is 8.56. The van der Waals surface area contributed by atoms with Crippen molar-refractivity contribution in [1.29, 1.82) is 0 Å². The Morgan fingerprint density at radius 1 is 1.16 bits per heavy atom. The number of aliphatic hydroxyl groups is 3. The molecule has 5 rings (SSSR count). The molecule has 11 heteroatoms. The highest BCUT2D eigenvalue weighted by Crippen LogP contribution is 2.54. The summed E-state index contributed by atoms with van der Waals surface area (Å²) in [5.74, 6) is -6.05. The van der Waals surface area contributed by atoms with Gasteiger partial charge in [0.05, 0.1) is 18.7 Å². The van der Waals surface area contributed by atoms with Crippen molar-refractivity contribution in [1.82, 2.24) is 9.80 Å². The number of phenolic OH excluding ortho intramolecular Hbond substituents is 1. The van der Waals surface area contributed by atoms with Crippen molar-refractivity contribution >= 4 is 17.5 Å². The fraction of sp³-hybridized carbons (Fsp3) is 0.519. The van der Waals surface area contributed by atoms with E-state index in [4.69, 9.17) is 10.5 Å². The molecule has 0 bridgehead atoms. The van der Waals surface area contributed by atoms with E-state index in [1.165, 1.54) is 12.0 Å². The summed E-state index contributed by atoms with van der Waals surface area (Å²) in [6.07, 6.45) is 1.15. The summed E-state index contributed by atoms with van der Waals surface area (Å²) in [6.45, 7) is 3.85. The molecule has 1 heterocycles. The zero-order valence-corrected chi connectivity index (χ0v) is 21.9. The molecule has 11 nitrogen and oxygen atoms in total. The molecule has 3 aliphatic carbocycles. The van der Waals surface area contributed by atoms with Crippen LogP contribution in [0.25, 0.3) is 0 Å². The molecule has 204 valence electrons. The fourth-order valence-corrected chi connectivity index (χ4v) is 7.02. The SMILES string of the molecule is CCCN1Cc2c(O)c3c(c(OC)c2C1)C[C@H]1C[C@H]2[C@H](N(C)C)C(O)=C(C(N)=O)C(=O)[C@@]2(O)C(O)=C1C3=O. The summed E-state index contributed by atoms with van der Waals surface area (Å²) in [6, 6.07) is -1.03. The van der Waals surface area contributed by atoms with Crippen LogP contribution in [0.4, 0.5) is 0 Å². The molecule has 6 N–H and O–H groups in total. The van der Waals surface area contributed by atoms with Crippen molar-refractivity contribution in [2.45, 2.75) is 50.9 Å². The van der Waals surface area contributed by atoms with Crippen molar-refractivity contribution in [3.05, 3.63) is 44.9 Å². The van der Waals surface area contributed by atoms with Gasteiger partial charge in [0.15, 0.2) is 11.4 Å². The van der Waals surface area contributed by atoms with Gasteiger partial charge in [-0.3, -0.25) is 24.2 Å². The van der Waals surface area contributed by atoms with Gasteiger partial charge in [0.2, 0.25) is 5.78 Å². The van der Waals surface area contributed by atoms with Gasteiger partial charge >= 0.3 is 0 Å². The van der Waals surface area contributed by atoms with Gasteiger partial charge in [0.25, 0.3) is 5.91 Å². The first-order valence-corrected chi connectivity index (χ1v) is 12.7. The zero-order valence-electron chi connectivity index (χ0n) is 21.9. The standard InChI is InChI=1S/C27H33N3O8/c1-5-6-30-9-13-14(10-30)23(38-4)12-7-11-8-15-19(29(2)3)22(33)18(26(28)36)25(35)27(15,37)24(34)16(11)21(32)17(12)20(13)31/h11,15,19,31,33-34,37H,5-10H2,1-4H3,(H2,28,36)/t11-,15-,19-,27-/m0/s1. The molecule has 1 amide bonds. The topological polar surface area (TPSA) is 174 Å². The van der Waals surface area contributed by atoms with E-state index in [0.717, 1.165) is 18.5 Å². The second-order valence-corrected chi connectivity index (χ2v) is 10.9. The van der Waals surface area contributed by atoms with Crippen LogP contribution in [0.2, 0.25) is 0 Å². The van der Waals surface area contributed by atoms with Crippen LogP contribution in [0.15, 0.2) is 22.7 Å². The zero-order chi connectivity index (χ0) is 27.8. The quantitative estimate of drug-likeness (QED) is 0.346. The average molecular weight is 528 g/mol. The molecule has 0 saturated carbocycles. The lowest BCUT2D eigenvalue weighted by Gasteiger charge is -2.50. The number of primary amides is 1. The molecule has 1 aromatic rings. The second kappa shape index (κ2) is 8.82. The van der Waals surface area contributed by atoms with Gasteiger partial charge in [-0.25, -0.2) is 0 Å². The molecule has 4 aliphatic rings. The Morgan fingerprint density at radius 3 is 2.39 bits per heavy atom. The van der Waals surface area contributed by atoms with E-state index in [9.17, 15) is 34.8 Å². The lowest BCUT2D eigenvalue weighted by Crippen LogP contribution is -2.63. The Morgan fingerprint density at radius 2 is 1.82 bits per heavy atom. The molecule has 4 atom stereocenters. The number of likely N-dealkylation sites (N-methyl/N-ethyl adjacent to an activating group) is 1. The number of aromatic hydroxyl groups is 1. The summed E-state index contributed by atoms with van der Waals surface area (Å²) in [5, 5.41) is 45.3. The van der Waals surface area contributed by atoms with Crippen molar-refractivity contribution in [2.24, 2.45) is 17.6 Å². The Balaban J connectivity index is 1.71. The highest BCUT2D eigenvalue weighted by molar-refractivity contribution is 6.24. The maximum Gasteiger partial charge on any atom is 0.255 e. The number of ether oxygens (including phenoxy) is 1. The number of nitrogens with zero attached hydrogens (tertiary/aromatic N) is 2. The molecule has 0 saturated heterocycles. The maximum atomic E-state index is 13.9. The molecule has 0 fully saturated rings. The minimum Gasteiger partial charge on any atom is -0.510 e. The van der Waals surface area contributed by atoms with E-state index in [1.807, 2.05) is 0 Å². The summed E-state index contributed by atoms with van der Waals surface area (Å²) in [7, 11) is 4.71. The first-order valence-electron chi connectivity index (χ1n) is 12.7. The van der Waals surface area contributed by atoms with Gasteiger partial charge in [-0.15, -0.1) is 0 Å². The van der Waals surface area contributed by atoms with Crippen LogP contribution in [-0.4, -0.2) is 87.1 Å². The number of rotatable bonds is 5. The minimum atomic E-state index is -2.65. The Hall–Kier alpha value is -3.41. The number of fused-ring (bicyclic) bond motifs is 4. The smallest absolute Gasteiger partial charge is 0.255 e. The highest BCUT2D eigenvalue weighted by Gasteiger charge is 2.63. The van der Waals surface area contributed by atoms with E-state index in [-0.39, 0.29) is 29.7 Å². The van der Waals surface area contributed by atoms with Crippen molar-refractivity contribution in [2.75, 3.05) is 27.7 Å². The van der Waals surface area contributed by atoms with Gasteiger partial charge in [0.1, 0.15) is 28.6 Å². The number of allylic oxidation sites excluding steroid dienone is 1. The molecule has 1 aliphatic heterocycles. The first-order chi connectivity index (χ1) is 17.9. The minimum absolute atomic E-state index is 0.0141. The number of nitrogens with two attached hydrogens (primary N) is 1. The molecule has 0 spiro atoms. The lowest BCUT2D eigenvalue weighted by atomic mass is 9.58. The number of ketones is 2. The summed E-state index contributed by atoms with van der Waals surface area (Å²) in [4.78, 5) is 43.1. The number of phenols is 1. The van der Waals surface area contributed by atoms with Crippen LogP contribution in [0.1, 0.15) is 46.8 Å². The third-order valence-electron chi connectivity index (χ3n) is 8.56. The van der Waals surface area contributed by atoms with Gasteiger partial charge in [-0.2, -0.15) is 0 Å². The molecule has 38 heavy (non-hydrogen) atoms. The number of amides is 1. The van der Waals surface area contributed by atoms with Crippen molar-refractivity contribution in [3.63, 3.8) is 0 Å². The number of Topliss-reactive ketones (excluding diaryl/α,β-unsaturated/α-hetero) is 2. The van der Waals surface area contributed by atoms with E-state index in [1.54, 1.807) is 14.1 Å². The summed E-state index contributed by atoms with van der Waals surface area (Å²) >= 11 is 0. The number of benzene rings is 1. The Bertz CT molecular complexity index is 1350. The van der Waals surface area contributed by atoms with E-state index >= 15 is 0 Å². The molecular weight excluding hydrogens is 494 g/mol. The van der Waals surface area contributed by atoms with Crippen LogP contribution in [0.3, 0.4) is 0 Å². The van der Waals surface area contributed by atoms with E-state index in [2.05, 4.69) is 11.8 Å². The van der Waals surface area contributed by atoms with Gasteiger partial charge in [0, 0.05) is 41.3 Å². The highest BCUT2D eigenvalue weighted by atomic mass is 16.5. The Kier molecular flexibility index (Phi) is 6.08. The molecule has 1 aromatic carbocycles. The predicted octanol–water partition coefficient (Wildman–Crippen LogP) is 0.855. The number of carbonyl (C=O) groups is 3. The molecule has 0 unspecified atom stereocenters. The van der Waals surface area contributed by atoms with Gasteiger partial charge in [-0.1, -0.05) is 6.92 Å². The lowest BCUT2D eigenvalue weighted by molar-refractivity contribution is -0.148. The van der Waals surface area contributed by atoms with Crippen LogP contribution in [0, 0.1) is 11.8 Å². The molecule has 0 aromatic heterocycles. The van der Waals surface area contributed by atoms with Gasteiger partial charge < -0.3 is 30.9 Å². The van der Waals surface area contributed by atoms with Crippen LogP contribution in [0.5, 0.6) is 11.5 Å². The second-order valence-electron chi connectivity index (χ2n) is 10.9. The largest absolute Gasteiger partial charge is 0.510 e. The Labute approximate surface area is 219 Å². The molecular formula is C27H33N3O8. The number of hydrogen-bond acceptors (Lipinski definition) is 10. The number of aliphatic hydroxyl groups excluding tert-OH is 2. The van der Waals surface area contributed by atoms with E-state index in [0.29, 0.717) is 30.0 Å². The predicted molar refractivity (Wildman–Crippen MR) is 135 cm³/mol. The van der Waals surface area contributed by atoms with Crippen LogP contribution < -0.4 is 10.5 Å². The number of methoxy groups -OCH3 is 1. The summed E-state index contributed by atoms with van der Waals surface area (Å²) in [5.41, 5.74) is 3.62. The first kappa shape index (κ1) is 26.2. The summed E-state index contributed by atoms with van der Waals surface area (Å²) < 4.78 is 5.77. The van der Waals surface area contributed by atoms with Crippen molar-refractivity contribution < 1.29 is 39.5 Å². The number of carbonyl (C=O) groups excluding carboxylic acids is 3. The normalized spacial score (nSPS) is 28.8. The average Bonchev–Trinajstić information content (AvgIpc) is 3.25. The van der Waals surface area contributed by atoms with E-state index < -0.39 is 58.0 Å². The van der Waals surface area contributed by atoms with Crippen molar-refractivity contribution in [3.8, 4) is 11.5 Å². The van der Waals surface area contributed by atoms with Crippen LogP contribution in [-0.2, 0) is 29.1 Å². The number of hydrogen-bond donors (Lipinski definition) is 5. The fourth-order valence-electron chi connectivity index (χ4n) is 7.02. The maximum absolute atomic E-state index is 13.9. The molecule has 0 radical (unpaired) electrons. The van der Waals surface area contributed by atoms with Crippen LogP contribution >= 0.6 is 0 Å². The monoisotopic (exact) mass is 527 g/mol.